The Morgan fingerprint density at radius 3 is 2.46 bits per heavy atom. The molecule has 0 unspecified atom stereocenters. The standard InChI is InChI=1S/C19H18F3N5O/c1-25-9-11-26(12-10-25)17-13-5-4-8-23-16(13)27(18(28)19(20,21)22)15-7-3-2-6-14(15)24-17/h2-8H,9-12H2,1H3. The Kier molecular flexibility index (Phi) is 4.54. The predicted molar refractivity (Wildman–Crippen MR) is 99.1 cm³/mol. The van der Waals surface area contributed by atoms with Crippen molar-refractivity contribution < 1.29 is 18.0 Å². The number of hydrogen-bond donors (Lipinski definition) is 0. The first-order chi connectivity index (χ1) is 13.4. The summed E-state index contributed by atoms with van der Waals surface area (Å²) in [6, 6.07) is 9.61. The SMILES string of the molecule is CN1CCN(C2=Nc3ccccc3N(C(=O)C(F)(F)F)c3ncccc32)CC1. The van der Waals surface area contributed by atoms with Gasteiger partial charge in [-0.3, -0.25) is 9.69 Å². The minimum absolute atomic E-state index is 0.0625. The maximum absolute atomic E-state index is 13.4. The van der Waals surface area contributed by atoms with Gasteiger partial charge in [-0.25, -0.2) is 9.98 Å². The Bertz CT molecular complexity index is 935. The third kappa shape index (κ3) is 3.22. The van der Waals surface area contributed by atoms with E-state index in [1.807, 2.05) is 11.9 Å². The van der Waals surface area contributed by atoms with Crippen molar-refractivity contribution in [2.24, 2.45) is 4.99 Å². The van der Waals surface area contributed by atoms with E-state index >= 15 is 0 Å². The van der Waals surface area contributed by atoms with Gasteiger partial charge in [-0.1, -0.05) is 12.1 Å². The molecule has 0 N–H and O–H groups in total. The van der Waals surface area contributed by atoms with E-state index in [1.54, 1.807) is 30.3 Å². The number of carbonyl (C=O) groups excluding carboxylic acids is 1. The van der Waals surface area contributed by atoms with E-state index in [4.69, 9.17) is 0 Å². The second-order valence-electron chi connectivity index (χ2n) is 6.73. The summed E-state index contributed by atoms with van der Waals surface area (Å²) in [7, 11) is 2.01. The number of nitrogens with zero attached hydrogens (tertiary/aromatic N) is 5. The van der Waals surface area contributed by atoms with Crippen LogP contribution in [0.4, 0.5) is 30.4 Å². The highest BCUT2D eigenvalue weighted by Crippen LogP contribution is 2.41. The second kappa shape index (κ2) is 6.90. The molecule has 1 fully saturated rings. The van der Waals surface area contributed by atoms with Crippen molar-refractivity contribution in [3.63, 3.8) is 0 Å². The molecule has 1 aromatic carbocycles. The first-order valence-electron chi connectivity index (χ1n) is 8.84. The van der Waals surface area contributed by atoms with Crippen LogP contribution in [0.25, 0.3) is 0 Å². The predicted octanol–water partition coefficient (Wildman–Crippen LogP) is 2.95. The number of aliphatic imine (C=N–C) groups is 1. The highest BCUT2D eigenvalue weighted by molar-refractivity contribution is 6.14. The summed E-state index contributed by atoms with van der Waals surface area (Å²) in [5.74, 6) is -1.52. The zero-order chi connectivity index (χ0) is 19.9. The third-order valence-electron chi connectivity index (χ3n) is 4.84. The van der Waals surface area contributed by atoms with Crippen LogP contribution in [0.15, 0.2) is 47.6 Å². The first kappa shape index (κ1) is 18.4. The number of amidine groups is 1. The summed E-state index contributed by atoms with van der Waals surface area (Å²) in [5.41, 5.74) is 0.766. The fraction of sp³-hybridized carbons (Fsp3) is 0.316. The lowest BCUT2D eigenvalue weighted by Gasteiger charge is -2.34. The molecule has 3 heterocycles. The number of hydrogen-bond acceptors (Lipinski definition) is 5. The molecule has 0 saturated carbocycles. The van der Waals surface area contributed by atoms with Crippen LogP contribution in [0.5, 0.6) is 0 Å². The fourth-order valence-electron chi connectivity index (χ4n) is 3.38. The number of alkyl halides is 3. The third-order valence-corrected chi connectivity index (χ3v) is 4.84. The van der Waals surface area contributed by atoms with E-state index in [9.17, 15) is 18.0 Å². The molecule has 2 aliphatic rings. The monoisotopic (exact) mass is 389 g/mol. The van der Waals surface area contributed by atoms with Crippen LogP contribution >= 0.6 is 0 Å². The van der Waals surface area contributed by atoms with E-state index in [-0.39, 0.29) is 11.5 Å². The van der Waals surface area contributed by atoms with Gasteiger partial charge < -0.3 is 9.80 Å². The average molecular weight is 389 g/mol. The van der Waals surface area contributed by atoms with Crippen molar-refractivity contribution >= 4 is 28.9 Å². The number of para-hydroxylation sites is 2. The number of halogens is 3. The summed E-state index contributed by atoms with van der Waals surface area (Å²) in [5, 5.41) is 0. The Morgan fingerprint density at radius 1 is 1.04 bits per heavy atom. The van der Waals surface area contributed by atoms with Gasteiger partial charge in [-0.05, 0) is 31.3 Å². The molecule has 2 aliphatic heterocycles. The van der Waals surface area contributed by atoms with Crippen LogP contribution in [-0.2, 0) is 4.79 Å². The maximum Gasteiger partial charge on any atom is 0.472 e. The van der Waals surface area contributed by atoms with Gasteiger partial charge in [0.05, 0.1) is 16.9 Å². The first-order valence-corrected chi connectivity index (χ1v) is 8.84. The van der Waals surface area contributed by atoms with Crippen LogP contribution < -0.4 is 4.90 Å². The molecule has 0 atom stereocenters. The molecular weight excluding hydrogens is 371 g/mol. The smallest absolute Gasteiger partial charge is 0.353 e. The summed E-state index contributed by atoms with van der Waals surface area (Å²) in [4.78, 5) is 25.9. The number of rotatable bonds is 0. The molecule has 146 valence electrons. The van der Waals surface area contributed by atoms with Crippen LogP contribution in [-0.4, -0.2) is 65.9 Å². The molecule has 2 aromatic rings. The van der Waals surface area contributed by atoms with Crippen molar-refractivity contribution in [2.75, 3.05) is 38.1 Å². The molecule has 1 saturated heterocycles. The maximum atomic E-state index is 13.4. The van der Waals surface area contributed by atoms with Gasteiger partial charge >= 0.3 is 12.1 Å². The number of fused-ring (bicyclic) bond motifs is 2. The number of aromatic nitrogens is 1. The minimum Gasteiger partial charge on any atom is -0.353 e. The van der Waals surface area contributed by atoms with Crippen molar-refractivity contribution in [2.45, 2.75) is 6.18 Å². The quantitative estimate of drug-likeness (QED) is 0.695. The fourth-order valence-corrected chi connectivity index (χ4v) is 3.38. The highest BCUT2D eigenvalue weighted by atomic mass is 19.4. The second-order valence-corrected chi connectivity index (χ2v) is 6.73. The highest BCUT2D eigenvalue weighted by Gasteiger charge is 2.46. The van der Waals surface area contributed by atoms with Crippen LogP contribution in [0.2, 0.25) is 0 Å². The van der Waals surface area contributed by atoms with Gasteiger partial charge in [-0.2, -0.15) is 13.2 Å². The number of pyridine rings is 1. The molecule has 9 heteroatoms. The molecule has 0 radical (unpaired) electrons. The largest absolute Gasteiger partial charge is 0.472 e. The molecule has 0 spiro atoms. The van der Waals surface area contributed by atoms with Gasteiger partial charge in [0.15, 0.2) is 5.82 Å². The number of likely N-dealkylation sites (N-methyl/N-ethyl adjacent to an activating group) is 1. The van der Waals surface area contributed by atoms with Crippen molar-refractivity contribution in [3.8, 4) is 0 Å². The molecule has 28 heavy (non-hydrogen) atoms. The van der Waals surface area contributed by atoms with E-state index in [2.05, 4.69) is 14.9 Å². The summed E-state index contributed by atoms with van der Waals surface area (Å²) in [6.45, 7) is 2.97. The molecule has 1 aromatic heterocycles. The van der Waals surface area contributed by atoms with Crippen molar-refractivity contribution in [1.29, 1.82) is 0 Å². The minimum atomic E-state index is -5.04. The molecule has 0 bridgehead atoms. The number of amides is 1. The van der Waals surface area contributed by atoms with Crippen LogP contribution in [0.3, 0.4) is 0 Å². The topological polar surface area (TPSA) is 52.0 Å². The zero-order valence-electron chi connectivity index (χ0n) is 15.1. The van der Waals surface area contributed by atoms with Gasteiger partial charge in [0, 0.05) is 32.4 Å². The lowest BCUT2D eigenvalue weighted by Crippen LogP contribution is -2.47. The van der Waals surface area contributed by atoms with Gasteiger partial charge in [0.1, 0.15) is 5.84 Å². The lowest BCUT2D eigenvalue weighted by molar-refractivity contribution is -0.169. The number of anilines is 2. The Balaban J connectivity index is 1.91. The molecule has 0 aliphatic carbocycles. The van der Waals surface area contributed by atoms with Gasteiger partial charge in [0.25, 0.3) is 0 Å². The lowest BCUT2D eigenvalue weighted by atomic mass is 10.1. The number of benzene rings is 1. The Morgan fingerprint density at radius 2 is 1.75 bits per heavy atom. The molecule has 4 rings (SSSR count). The molecular formula is C19H18F3N5O. The summed E-state index contributed by atoms with van der Waals surface area (Å²) in [6.07, 6.45) is -3.66. The number of carbonyl (C=O) groups is 1. The van der Waals surface area contributed by atoms with Crippen molar-refractivity contribution in [1.82, 2.24) is 14.8 Å². The van der Waals surface area contributed by atoms with E-state index in [1.165, 1.54) is 12.3 Å². The van der Waals surface area contributed by atoms with E-state index < -0.39 is 12.1 Å². The van der Waals surface area contributed by atoms with Gasteiger partial charge in [0.2, 0.25) is 0 Å². The zero-order valence-corrected chi connectivity index (χ0v) is 15.1. The van der Waals surface area contributed by atoms with Gasteiger partial charge in [-0.15, -0.1) is 0 Å². The van der Waals surface area contributed by atoms with Crippen LogP contribution in [0, 0.1) is 0 Å². The Labute approximate surface area is 159 Å². The summed E-state index contributed by atoms with van der Waals surface area (Å²) < 4.78 is 40.1. The van der Waals surface area contributed by atoms with E-state index in [0.717, 1.165) is 13.1 Å². The Hall–Kier alpha value is -2.94. The summed E-state index contributed by atoms with van der Waals surface area (Å²) >= 11 is 0. The molecule has 6 nitrogen and oxygen atoms in total. The van der Waals surface area contributed by atoms with Crippen molar-refractivity contribution in [3.05, 3.63) is 48.2 Å². The van der Waals surface area contributed by atoms with Crippen LogP contribution in [0.1, 0.15) is 5.56 Å². The van der Waals surface area contributed by atoms with E-state index in [0.29, 0.717) is 35.1 Å². The average Bonchev–Trinajstić information content (AvgIpc) is 2.82. The number of piperazine rings is 1. The molecule has 1 amide bonds. The normalized spacial score (nSPS) is 17.5.